The molecule has 3 aliphatic heterocycles. The molecule has 0 bridgehead atoms. The Labute approximate surface area is 221 Å². The van der Waals surface area contributed by atoms with Gasteiger partial charge in [0.05, 0.1) is 18.4 Å². The van der Waals surface area contributed by atoms with Gasteiger partial charge in [-0.15, -0.1) is 0 Å². The third kappa shape index (κ3) is 5.50. The summed E-state index contributed by atoms with van der Waals surface area (Å²) in [5.74, 6) is 0.308. The predicted octanol–water partition coefficient (Wildman–Crippen LogP) is -2.30. The van der Waals surface area contributed by atoms with Gasteiger partial charge in [-0.05, 0) is 12.8 Å². The molecule has 0 aliphatic carbocycles. The van der Waals surface area contributed by atoms with Gasteiger partial charge in [0.2, 0.25) is 5.91 Å². The minimum atomic E-state index is -4.23. The maximum absolute atomic E-state index is 12.4. The minimum absolute atomic E-state index is 0.0129. The zero-order chi connectivity index (χ0) is 27.0. The molecular formula is C20H29N9O7S2. The summed E-state index contributed by atoms with van der Waals surface area (Å²) in [5.41, 5.74) is 6.34. The fraction of sp³-hybridized carbons (Fsp3) is 0.650. The molecule has 3 amide bonds. The Morgan fingerprint density at radius 2 is 2.05 bits per heavy atom. The van der Waals surface area contributed by atoms with Crippen LogP contribution in [0.4, 0.5) is 10.6 Å². The smallest absolute Gasteiger partial charge is 0.315 e. The maximum Gasteiger partial charge on any atom is 0.315 e. The first kappa shape index (κ1) is 26.8. The Kier molecular flexibility index (Phi) is 7.60. The van der Waals surface area contributed by atoms with Gasteiger partial charge in [0.1, 0.15) is 30.2 Å². The van der Waals surface area contributed by atoms with Crippen molar-refractivity contribution in [2.45, 2.75) is 67.6 Å². The zero-order valence-electron chi connectivity index (χ0n) is 20.1. The molecule has 16 nitrogen and oxygen atoms in total. The number of aliphatic hydroxyl groups excluding tert-OH is 2. The molecular weight excluding hydrogens is 542 g/mol. The largest absolute Gasteiger partial charge is 0.387 e. The van der Waals surface area contributed by atoms with Crippen molar-refractivity contribution in [1.82, 2.24) is 39.6 Å². The van der Waals surface area contributed by atoms with Crippen molar-refractivity contribution in [3.8, 4) is 0 Å². The van der Waals surface area contributed by atoms with Crippen LogP contribution in [0, 0.1) is 0 Å². The number of rotatable bonds is 10. The van der Waals surface area contributed by atoms with Crippen LogP contribution in [-0.4, -0.2) is 98.0 Å². The number of nitrogens with two attached hydrogens (primary N) is 1. The highest BCUT2D eigenvalue weighted by molar-refractivity contribution is 8.00. The monoisotopic (exact) mass is 571 g/mol. The Bertz CT molecular complexity index is 1310. The summed E-state index contributed by atoms with van der Waals surface area (Å²) < 4.78 is 35.9. The van der Waals surface area contributed by atoms with Crippen LogP contribution in [0.3, 0.4) is 0 Å². The van der Waals surface area contributed by atoms with Crippen molar-refractivity contribution in [2.24, 2.45) is 0 Å². The number of carbonyl (C=O) groups is 2. The molecule has 5 rings (SSSR count). The van der Waals surface area contributed by atoms with Crippen LogP contribution in [0.1, 0.15) is 31.9 Å². The third-order valence-electron chi connectivity index (χ3n) is 6.80. The van der Waals surface area contributed by atoms with Gasteiger partial charge in [-0.1, -0.05) is 6.42 Å². The van der Waals surface area contributed by atoms with Crippen LogP contribution < -0.4 is 25.8 Å². The molecule has 38 heavy (non-hydrogen) atoms. The van der Waals surface area contributed by atoms with Gasteiger partial charge < -0.3 is 31.3 Å². The number of unbranched alkanes of at least 4 members (excludes halogenated alkanes) is 1. The summed E-state index contributed by atoms with van der Waals surface area (Å²) >= 11 is 1.77. The second-order valence-corrected chi connectivity index (χ2v) is 12.1. The van der Waals surface area contributed by atoms with E-state index in [1.54, 1.807) is 11.8 Å². The number of hydrogen-bond acceptors (Lipinski definition) is 12. The van der Waals surface area contributed by atoms with Crippen molar-refractivity contribution in [3.63, 3.8) is 0 Å². The fourth-order valence-corrected chi connectivity index (χ4v) is 7.29. The van der Waals surface area contributed by atoms with E-state index in [4.69, 9.17) is 10.5 Å². The van der Waals surface area contributed by atoms with Crippen molar-refractivity contribution in [1.29, 1.82) is 0 Å². The van der Waals surface area contributed by atoms with Crippen molar-refractivity contribution in [3.05, 3.63) is 12.7 Å². The molecule has 2 aromatic heterocycles. The molecule has 7 atom stereocenters. The number of hydrogen-bond donors (Lipinski definition) is 7. The van der Waals surface area contributed by atoms with E-state index >= 15 is 0 Å². The number of ether oxygens (including phenoxy) is 1. The predicted molar refractivity (Wildman–Crippen MR) is 135 cm³/mol. The van der Waals surface area contributed by atoms with Crippen LogP contribution in [0.2, 0.25) is 0 Å². The SMILES string of the molecule is Nc1ncnc2c1ncn2[C@@H]1O[C@H](CNS(=O)(=O)NC(=O)CCCC[C@H]2SCC3NC(=O)NC32)[C@@H](O)[C@H]1O. The van der Waals surface area contributed by atoms with Gasteiger partial charge in [-0.3, -0.25) is 9.36 Å². The molecule has 5 heterocycles. The first-order valence-electron chi connectivity index (χ1n) is 12.1. The molecule has 3 fully saturated rings. The number of anilines is 1. The zero-order valence-corrected chi connectivity index (χ0v) is 21.7. The van der Waals surface area contributed by atoms with Crippen LogP contribution in [-0.2, 0) is 19.7 Å². The van der Waals surface area contributed by atoms with Crippen molar-refractivity contribution >= 4 is 50.9 Å². The number of aromatic nitrogens is 4. The standard InChI is InChI=1S/C20H29N9O7S2/c21-17-14-18(23-7-22-17)29(8-24-14)19-16(32)15(31)10(36-19)5-25-38(34,35)28-12(30)4-2-1-3-11-13-9(6-37-11)26-20(33)27-13/h7-11,13,15-16,19,25,31-32H,1-6H2,(H,28,30)(H2,21,22,23)(H2,26,27,33)/t9?,10-,11-,13?,15-,16-,19-/m1/s1. The molecule has 208 valence electrons. The van der Waals surface area contributed by atoms with E-state index in [1.165, 1.54) is 17.2 Å². The highest BCUT2D eigenvalue weighted by atomic mass is 32.2. The van der Waals surface area contributed by atoms with Gasteiger partial charge in [-0.2, -0.15) is 24.9 Å². The molecule has 0 saturated carbocycles. The summed E-state index contributed by atoms with van der Waals surface area (Å²) in [6.07, 6.45) is -0.494. The average molecular weight is 572 g/mol. The number of fused-ring (bicyclic) bond motifs is 2. The summed E-state index contributed by atoms with van der Waals surface area (Å²) in [5, 5.41) is 27.0. The lowest BCUT2D eigenvalue weighted by Crippen LogP contribution is -2.45. The van der Waals surface area contributed by atoms with Gasteiger partial charge in [-0.25, -0.2) is 24.5 Å². The Hall–Kier alpha value is -2.77. The summed E-state index contributed by atoms with van der Waals surface area (Å²) in [6, 6.07) is 0.0526. The summed E-state index contributed by atoms with van der Waals surface area (Å²) in [4.78, 5) is 35.7. The fourth-order valence-electron chi connectivity index (χ4n) is 4.89. The van der Waals surface area contributed by atoms with Crippen LogP contribution >= 0.6 is 11.8 Å². The molecule has 0 radical (unpaired) electrons. The van der Waals surface area contributed by atoms with Crippen molar-refractivity contribution in [2.75, 3.05) is 18.0 Å². The first-order valence-corrected chi connectivity index (χ1v) is 14.6. The van der Waals surface area contributed by atoms with E-state index < -0.39 is 47.2 Å². The molecule has 3 saturated heterocycles. The minimum Gasteiger partial charge on any atom is -0.387 e. The van der Waals surface area contributed by atoms with E-state index in [-0.39, 0.29) is 46.8 Å². The molecule has 2 unspecified atom stereocenters. The molecule has 2 aromatic rings. The van der Waals surface area contributed by atoms with Crippen molar-refractivity contribution < 1.29 is 33.0 Å². The van der Waals surface area contributed by atoms with E-state index in [9.17, 15) is 28.2 Å². The number of urea groups is 1. The molecule has 8 N–H and O–H groups in total. The highest BCUT2D eigenvalue weighted by Crippen LogP contribution is 2.33. The lowest BCUT2D eigenvalue weighted by atomic mass is 10.0. The van der Waals surface area contributed by atoms with Crippen LogP contribution in [0.25, 0.3) is 11.2 Å². The summed E-state index contributed by atoms with van der Waals surface area (Å²) in [7, 11) is -4.23. The topological polar surface area (TPSA) is 236 Å². The number of carbonyl (C=O) groups excluding carboxylic acids is 2. The van der Waals surface area contributed by atoms with Crippen LogP contribution in [0.5, 0.6) is 0 Å². The highest BCUT2D eigenvalue weighted by Gasteiger charge is 2.45. The van der Waals surface area contributed by atoms with E-state index in [1.807, 2.05) is 4.72 Å². The average Bonchev–Trinajstić information content (AvgIpc) is 3.61. The lowest BCUT2D eigenvalue weighted by molar-refractivity contribution is -0.119. The Morgan fingerprint density at radius 1 is 1.24 bits per heavy atom. The quantitative estimate of drug-likeness (QED) is 0.118. The van der Waals surface area contributed by atoms with Gasteiger partial charge in [0, 0.05) is 24.0 Å². The van der Waals surface area contributed by atoms with E-state index in [0.717, 1.165) is 12.2 Å². The van der Waals surface area contributed by atoms with E-state index in [0.29, 0.717) is 12.8 Å². The van der Waals surface area contributed by atoms with E-state index in [2.05, 4.69) is 30.3 Å². The number of amides is 3. The summed E-state index contributed by atoms with van der Waals surface area (Å²) in [6.45, 7) is -0.400. The van der Waals surface area contributed by atoms with Gasteiger partial charge in [0.15, 0.2) is 17.7 Å². The number of thioether (sulfide) groups is 1. The first-order chi connectivity index (χ1) is 18.1. The molecule has 18 heteroatoms. The lowest BCUT2D eigenvalue weighted by Gasteiger charge is -2.17. The Morgan fingerprint density at radius 3 is 2.87 bits per heavy atom. The number of nitrogen functional groups attached to an aromatic ring is 1. The number of aliphatic hydroxyl groups is 2. The maximum atomic E-state index is 12.4. The number of nitrogens with one attached hydrogen (secondary N) is 4. The molecule has 3 aliphatic rings. The van der Waals surface area contributed by atoms with Crippen LogP contribution in [0.15, 0.2) is 12.7 Å². The van der Waals surface area contributed by atoms with Gasteiger partial charge >= 0.3 is 16.2 Å². The third-order valence-corrected chi connectivity index (χ3v) is 9.35. The Balaban J connectivity index is 1.07. The second kappa shape index (κ2) is 10.8. The molecule has 0 spiro atoms. The normalized spacial score (nSPS) is 30.8. The molecule has 0 aromatic carbocycles. The second-order valence-electron chi connectivity index (χ2n) is 9.37. The number of imidazole rings is 1. The number of nitrogens with zero attached hydrogens (tertiary/aromatic N) is 4. The van der Waals surface area contributed by atoms with Gasteiger partial charge in [0.25, 0.3) is 0 Å².